The molecular weight excluding hydrogens is 362 g/mol. The van der Waals surface area contributed by atoms with E-state index in [1.807, 2.05) is 20.8 Å². The van der Waals surface area contributed by atoms with Gasteiger partial charge >= 0.3 is 0 Å². The summed E-state index contributed by atoms with van der Waals surface area (Å²) in [6.07, 6.45) is 1.56. The molecule has 4 nitrogen and oxygen atoms in total. The van der Waals surface area contributed by atoms with Crippen LogP contribution in [0, 0.1) is 5.92 Å². The maximum Gasteiger partial charge on any atom is 0.250 e. The molecule has 0 aliphatic heterocycles. The Morgan fingerprint density at radius 2 is 2.05 bits per heavy atom. The van der Waals surface area contributed by atoms with E-state index in [1.54, 1.807) is 12.1 Å². The second-order valence-electron chi connectivity index (χ2n) is 4.95. The van der Waals surface area contributed by atoms with Gasteiger partial charge in [0.1, 0.15) is 4.21 Å². The number of hydrogen-bond donors (Lipinski definition) is 2. The maximum atomic E-state index is 12.4. The molecule has 1 aromatic heterocycles. The second-order valence-corrected chi connectivity index (χ2v) is 9.35. The molecule has 0 aliphatic carbocycles. The smallest absolute Gasteiger partial charge is 0.250 e. The molecule has 0 spiro atoms. The molecule has 0 fully saturated rings. The Bertz CT molecular complexity index is 515. The standard InChI is InChI=1S/C13H22BrNO3S2/c1-4-6-10(16)13(9(3)5-2)15-20(17,18)12-8-7-11(14)19-12/h7-10,13,15-16H,4-6H2,1-3H3/t9-,10?,13?/m0/s1. The van der Waals surface area contributed by atoms with E-state index in [1.165, 1.54) is 11.3 Å². The summed E-state index contributed by atoms with van der Waals surface area (Å²) in [5, 5.41) is 10.2. The van der Waals surface area contributed by atoms with Crippen molar-refractivity contribution in [2.75, 3.05) is 0 Å². The van der Waals surface area contributed by atoms with E-state index in [2.05, 4.69) is 20.7 Å². The van der Waals surface area contributed by atoms with Crippen LogP contribution in [-0.2, 0) is 10.0 Å². The lowest BCUT2D eigenvalue weighted by Gasteiger charge is -2.28. The molecule has 0 radical (unpaired) electrons. The molecule has 0 saturated carbocycles. The van der Waals surface area contributed by atoms with Crippen LogP contribution in [-0.4, -0.2) is 25.7 Å². The van der Waals surface area contributed by atoms with Gasteiger partial charge in [0.15, 0.2) is 0 Å². The third-order valence-corrected chi connectivity index (χ3v) is 6.94. The van der Waals surface area contributed by atoms with Gasteiger partial charge in [0, 0.05) is 0 Å². The number of aliphatic hydroxyl groups excluding tert-OH is 1. The first kappa shape index (κ1) is 18.1. The van der Waals surface area contributed by atoms with Crippen molar-refractivity contribution in [3.05, 3.63) is 15.9 Å². The average molecular weight is 384 g/mol. The van der Waals surface area contributed by atoms with Crippen LogP contribution in [0.25, 0.3) is 0 Å². The van der Waals surface area contributed by atoms with Crippen molar-refractivity contribution in [1.82, 2.24) is 4.72 Å². The summed E-state index contributed by atoms with van der Waals surface area (Å²) in [7, 11) is -3.58. The highest BCUT2D eigenvalue weighted by atomic mass is 79.9. The van der Waals surface area contributed by atoms with E-state index >= 15 is 0 Å². The van der Waals surface area contributed by atoms with Crippen molar-refractivity contribution in [2.24, 2.45) is 5.92 Å². The minimum Gasteiger partial charge on any atom is -0.391 e. The number of hydrogen-bond acceptors (Lipinski definition) is 4. The lowest BCUT2D eigenvalue weighted by atomic mass is 9.93. The molecule has 3 atom stereocenters. The molecule has 1 aromatic rings. The summed E-state index contributed by atoms with van der Waals surface area (Å²) in [4.78, 5) is 0. The van der Waals surface area contributed by atoms with Crippen LogP contribution in [0.1, 0.15) is 40.0 Å². The number of halogens is 1. The van der Waals surface area contributed by atoms with Crippen molar-refractivity contribution in [3.8, 4) is 0 Å². The van der Waals surface area contributed by atoms with Gasteiger partial charge in [-0.1, -0.05) is 33.6 Å². The van der Waals surface area contributed by atoms with Gasteiger partial charge < -0.3 is 5.11 Å². The molecular formula is C13H22BrNO3S2. The fraction of sp³-hybridized carbons (Fsp3) is 0.692. The van der Waals surface area contributed by atoms with Crippen LogP contribution < -0.4 is 4.72 Å². The predicted molar refractivity (Wildman–Crippen MR) is 86.5 cm³/mol. The van der Waals surface area contributed by atoms with Gasteiger partial charge in [-0.05, 0) is 40.4 Å². The third kappa shape index (κ3) is 4.80. The van der Waals surface area contributed by atoms with Crippen LogP contribution in [0.5, 0.6) is 0 Å². The monoisotopic (exact) mass is 383 g/mol. The Labute approximate surface area is 133 Å². The molecule has 0 saturated heterocycles. The Balaban J connectivity index is 2.94. The molecule has 2 N–H and O–H groups in total. The normalized spacial score (nSPS) is 16.9. The first-order valence-electron chi connectivity index (χ1n) is 6.77. The third-order valence-electron chi connectivity index (χ3n) is 3.36. The minimum absolute atomic E-state index is 0.0785. The minimum atomic E-state index is -3.58. The first-order valence-corrected chi connectivity index (χ1v) is 9.86. The summed E-state index contributed by atoms with van der Waals surface area (Å²) < 4.78 is 28.4. The molecule has 0 bridgehead atoms. The summed E-state index contributed by atoms with van der Waals surface area (Å²) in [5.41, 5.74) is 0. The molecule has 2 unspecified atom stereocenters. The van der Waals surface area contributed by atoms with Gasteiger partial charge in [0.2, 0.25) is 10.0 Å². The Morgan fingerprint density at radius 1 is 1.40 bits per heavy atom. The average Bonchev–Trinajstić information content (AvgIpc) is 2.83. The van der Waals surface area contributed by atoms with E-state index in [9.17, 15) is 13.5 Å². The number of aliphatic hydroxyl groups is 1. The fourth-order valence-electron chi connectivity index (χ4n) is 1.98. The predicted octanol–water partition coefficient (Wildman–Crippen LogP) is 3.36. The highest BCUT2D eigenvalue weighted by Gasteiger charge is 2.29. The van der Waals surface area contributed by atoms with Crippen molar-refractivity contribution in [3.63, 3.8) is 0 Å². The topological polar surface area (TPSA) is 66.4 Å². The van der Waals surface area contributed by atoms with Crippen LogP contribution >= 0.6 is 27.3 Å². The first-order chi connectivity index (χ1) is 9.31. The molecule has 1 rings (SSSR count). The zero-order valence-corrected chi connectivity index (χ0v) is 15.2. The summed E-state index contributed by atoms with van der Waals surface area (Å²) in [6, 6.07) is 2.82. The largest absolute Gasteiger partial charge is 0.391 e. The Kier molecular flexibility index (Phi) is 7.14. The number of thiophene rings is 1. The maximum absolute atomic E-state index is 12.4. The van der Waals surface area contributed by atoms with Gasteiger partial charge in [-0.3, -0.25) is 0 Å². The second kappa shape index (κ2) is 7.89. The molecule has 20 heavy (non-hydrogen) atoms. The van der Waals surface area contributed by atoms with E-state index in [4.69, 9.17) is 0 Å². The van der Waals surface area contributed by atoms with E-state index in [0.717, 1.165) is 16.6 Å². The van der Waals surface area contributed by atoms with Crippen molar-refractivity contribution >= 4 is 37.3 Å². The van der Waals surface area contributed by atoms with Crippen LogP contribution in [0.4, 0.5) is 0 Å². The number of rotatable bonds is 8. The van der Waals surface area contributed by atoms with Crippen molar-refractivity contribution in [2.45, 2.75) is 56.4 Å². The number of sulfonamides is 1. The summed E-state index contributed by atoms with van der Waals surface area (Å²) >= 11 is 4.43. The summed E-state index contributed by atoms with van der Waals surface area (Å²) in [6.45, 7) is 5.92. The van der Waals surface area contributed by atoms with Gasteiger partial charge in [-0.25, -0.2) is 13.1 Å². The molecule has 116 valence electrons. The zero-order valence-electron chi connectivity index (χ0n) is 12.0. The highest BCUT2D eigenvalue weighted by Crippen LogP contribution is 2.27. The summed E-state index contributed by atoms with van der Waals surface area (Å²) in [5.74, 6) is 0.0785. The van der Waals surface area contributed by atoms with Crippen LogP contribution in [0.3, 0.4) is 0 Å². The van der Waals surface area contributed by atoms with Gasteiger partial charge in [-0.2, -0.15) is 0 Å². The molecule has 1 heterocycles. The molecule has 0 amide bonds. The van der Waals surface area contributed by atoms with E-state index < -0.39 is 22.2 Å². The van der Waals surface area contributed by atoms with E-state index in [-0.39, 0.29) is 10.1 Å². The molecule has 7 heteroatoms. The molecule has 0 aliphatic rings. The van der Waals surface area contributed by atoms with E-state index in [0.29, 0.717) is 6.42 Å². The lowest BCUT2D eigenvalue weighted by Crippen LogP contribution is -2.47. The van der Waals surface area contributed by atoms with Crippen LogP contribution in [0.15, 0.2) is 20.1 Å². The van der Waals surface area contributed by atoms with Crippen molar-refractivity contribution < 1.29 is 13.5 Å². The zero-order chi connectivity index (χ0) is 15.3. The molecule has 0 aromatic carbocycles. The van der Waals surface area contributed by atoms with Crippen molar-refractivity contribution in [1.29, 1.82) is 0 Å². The highest BCUT2D eigenvalue weighted by molar-refractivity contribution is 9.11. The van der Waals surface area contributed by atoms with Gasteiger partial charge in [-0.15, -0.1) is 11.3 Å². The number of nitrogens with one attached hydrogen (secondary N) is 1. The van der Waals surface area contributed by atoms with Crippen LogP contribution in [0.2, 0.25) is 0 Å². The SMILES string of the molecule is CCCC(O)C(NS(=O)(=O)c1ccc(Br)s1)[C@@H](C)CC. The lowest BCUT2D eigenvalue weighted by molar-refractivity contribution is 0.102. The quantitative estimate of drug-likeness (QED) is 0.722. The fourth-order valence-corrected chi connectivity index (χ4v) is 5.39. The van der Waals surface area contributed by atoms with Gasteiger partial charge in [0.05, 0.1) is 15.9 Å². The Morgan fingerprint density at radius 3 is 2.50 bits per heavy atom. The Hall–Kier alpha value is 0.0500. The van der Waals surface area contributed by atoms with Gasteiger partial charge in [0.25, 0.3) is 0 Å².